The molecule has 3 heteroatoms. The van der Waals surface area contributed by atoms with Crippen LogP contribution in [0.2, 0.25) is 0 Å². The SMILES string of the molecule is CCC(C)(C)OCCCC(=O)O. The van der Waals surface area contributed by atoms with Crippen LogP contribution in [0.25, 0.3) is 0 Å². The Morgan fingerprint density at radius 1 is 1.50 bits per heavy atom. The summed E-state index contributed by atoms with van der Waals surface area (Å²) in [7, 11) is 0. The van der Waals surface area contributed by atoms with Gasteiger partial charge in [-0.3, -0.25) is 4.79 Å². The lowest BCUT2D eigenvalue weighted by atomic mass is 10.1. The van der Waals surface area contributed by atoms with Gasteiger partial charge < -0.3 is 9.84 Å². The fraction of sp³-hybridized carbons (Fsp3) is 0.889. The molecule has 12 heavy (non-hydrogen) atoms. The molecule has 1 N–H and O–H groups in total. The number of ether oxygens (including phenoxy) is 1. The summed E-state index contributed by atoms with van der Waals surface area (Å²) in [4.78, 5) is 10.1. The van der Waals surface area contributed by atoms with Gasteiger partial charge in [0.05, 0.1) is 5.60 Å². The molecule has 0 fully saturated rings. The van der Waals surface area contributed by atoms with Crippen LogP contribution in [0.15, 0.2) is 0 Å². The molecular formula is C9H18O3. The van der Waals surface area contributed by atoms with Crippen molar-refractivity contribution in [2.45, 2.75) is 45.6 Å². The molecule has 0 aliphatic heterocycles. The Kier molecular flexibility index (Phi) is 4.90. The summed E-state index contributed by atoms with van der Waals surface area (Å²) in [5.41, 5.74) is -0.113. The third-order valence-electron chi connectivity index (χ3n) is 1.88. The van der Waals surface area contributed by atoms with Crippen molar-refractivity contribution in [3.05, 3.63) is 0 Å². The molecule has 0 aromatic carbocycles. The summed E-state index contributed by atoms with van der Waals surface area (Å²) in [5, 5.41) is 8.34. The number of carboxylic acid groups (broad SMARTS) is 1. The first-order chi connectivity index (χ1) is 5.48. The lowest BCUT2D eigenvalue weighted by molar-refractivity contribution is -0.137. The zero-order chi connectivity index (χ0) is 9.61. The fourth-order valence-corrected chi connectivity index (χ4v) is 0.674. The van der Waals surface area contributed by atoms with Gasteiger partial charge in [-0.2, -0.15) is 0 Å². The molecule has 0 saturated heterocycles. The molecule has 0 aromatic rings. The first kappa shape index (κ1) is 11.4. The number of hydrogen-bond donors (Lipinski definition) is 1. The van der Waals surface area contributed by atoms with E-state index >= 15 is 0 Å². The zero-order valence-electron chi connectivity index (χ0n) is 8.09. The molecule has 0 aromatic heterocycles. The van der Waals surface area contributed by atoms with Crippen LogP contribution < -0.4 is 0 Å². The van der Waals surface area contributed by atoms with Crippen LogP contribution in [-0.4, -0.2) is 23.3 Å². The number of hydrogen-bond acceptors (Lipinski definition) is 2. The smallest absolute Gasteiger partial charge is 0.303 e. The maximum Gasteiger partial charge on any atom is 0.303 e. The molecule has 0 saturated carbocycles. The third-order valence-corrected chi connectivity index (χ3v) is 1.88. The van der Waals surface area contributed by atoms with Crippen molar-refractivity contribution in [1.29, 1.82) is 0 Å². The Morgan fingerprint density at radius 3 is 2.50 bits per heavy atom. The normalized spacial score (nSPS) is 11.6. The minimum atomic E-state index is -0.757. The van der Waals surface area contributed by atoms with Crippen molar-refractivity contribution in [3.8, 4) is 0 Å². The van der Waals surface area contributed by atoms with Gasteiger partial charge in [0.25, 0.3) is 0 Å². The van der Waals surface area contributed by atoms with Crippen molar-refractivity contribution in [1.82, 2.24) is 0 Å². The molecule has 0 atom stereocenters. The molecule has 0 unspecified atom stereocenters. The van der Waals surface area contributed by atoms with E-state index in [2.05, 4.69) is 6.92 Å². The van der Waals surface area contributed by atoms with E-state index in [1.165, 1.54) is 0 Å². The van der Waals surface area contributed by atoms with Crippen LogP contribution in [0.3, 0.4) is 0 Å². The standard InChI is InChI=1S/C9H18O3/c1-4-9(2,3)12-7-5-6-8(10)11/h4-7H2,1-3H3,(H,10,11). The van der Waals surface area contributed by atoms with E-state index in [9.17, 15) is 4.79 Å². The van der Waals surface area contributed by atoms with E-state index in [-0.39, 0.29) is 12.0 Å². The number of rotatable bonds is 6. The predicted molar refractivity (Wildman–Crippen MR) is 47.2 cm³/mol. The first-order valence-corrected chi connectivity index (χ1v) is 4.33. The number of carboxylic acids is 1. The molecule has 3 nitrogen and oxygen atoms in total. The average molecular weight is 174 g/mol. The molecule has 0 heterocycles. The monoisotopic (exact) mass is 174 g/mol. The van der Waals surface area contributed by atoms with E-state index in [1.54, 1.807) is 0 Å². The topological polar surface area (TPSA) is 46.5 Å². The van der Waals surface area contributed by atoms with Gasteiger partial charge in [0, 0.05) is 13.0 Å². The van der Waals surface area contributed by atoms with Gasteiger partial charge in [0.15, 0.2) is 0 Å². The van der Waals surface area contributed by atoms with Gasteiger partial charge in [-0.25, -0.2) is 0 Å². The summed E-state index contributed by atoms with van der Waals surface area (Å²) in [5.74, 6) is -0.757. The summed E-state index contributed by atoms with van der Waals surface area (Å²) in [6.07, 6.45) is 1.73. The van der Waals surface area contributed by atoms with Gasteiger partial charge in [-0.05, 0) is 26.7 Å². The highest BCUT2D eigenvalue weighted by atomic mass is 16.5. The third kappa shape index (κ3) is 6.16. The van der Waals surface area contributed by atoms with Crippen molar-refractivity contribution < 1.29 is 14.6 Å². The van der Waals surface area contributed by atoms with Gasteiger partial charge in [0.2, 0.25) is 0 Å². The fourth-order valence-electron chi connectivity index (χ4n) is 0.674. The lowest BCUT2D eigenvalue weighted by Gasteiger charge is -2.23. The highest BCUT2D eigenvalue weighted by Crippen LogP contribution is 2.13. The second-order valence-corrected chi connectivity index (χ2v) is 3.46. The van der Waals surface area contributed by atoms with E-state index in [4.69, 9.17) is 9.84 Å². The lowest BCUT2D eigenvalue weighted by Crippen LogP contribution is -2.23. The summed E-state index contributed by atoms with van der Waals surface area (Å²) in [6, 6.07) is 0. The van der Waals surface area contributed by atoms with E-state index in [1.807, 2.05) is 13.8 Å². The van der Waals surface area contributed by atoms with Crippen LogP contribution in [0.4, 0.5) is 0 Å². The molecule has 0 aliphatic rings. The van der Waals surface area contributed by atoms with Crippen molar-refractivity contribution in [2.75, 3.05) is 6.61 Å². The molecule has 0 rings (SSSR count). The number of aliphatic carboxylic acids is 1. The molecule has 0 bridgehead atoms. The van der Waals surface area contributed by atoms with Gasteiger partial charge >= 0.3 is 5.97 Å². The average Bonchev–Trinajstić information content (AvgIpc) is 1.98. The molecule has 0 radical (unpaired) electrons. The van der Waals surface area contributed by atoms with E-state index in [0.717, 1.165) is 6.42 Å². The van der Waals surface area contributed by atoms with Crippen LogP contribution in [0, 0.1) is 0 Å². The quantitative estimate of drug-likeness (QED) is 0.627. The van der Waals surface area contributed by atoms with Crippen LogP contribution in [-0.2, 0) is 9.53 Å². The molecule has 0 aliphatic carbocycles. The van der Waals surface area contributed by atoms with Crippen molar-refractivity contribution >= 4 is 5.97 Å². The highest BCUT2D eigenvalue weighted by molar-refractivity contribution is 5.66. The molecular weight excluding hydrogens is 156 g/mol. The Balaban J connectivity index is 3.37. The zero-order valence-corrected chi connectivity index (χ0v) is 8.09. The van der Waals surface area contributed by atoms with E-state index < -0.39 is 5.97 Å². The summed E-state index contributed by atoms with van der Waals surface area (Å²) < 4.78 is 5.47. The Hall–Kier alpha value is -0.570. The van der Waals surface area contributed by atoms with Gasteiger partial charge in [-0.1, -0.05) is 6.92 Å². The number of carbonyl (C=O) groups is 1. The minimum Gasteiger partial charge on any atom is -0.481 e. The first-order valence-electron chi connectivity index (χ1n) is 4.33. The second kappa shape index (κ2) is 5.14. The van der Waals surface area contributed by atoms with Crippen molar-refractivity contribution in [3.63, 3.8) is 0 Å². The Bertz CT molecular complexity index is 141. The maximum atomic E-state index is 10.1. The summed E-state index contributed by atoms with van der Waals surface area (Å²) in [6.45, 7) is 6.60. The Labute approximate surface area is 73.7 Å². The largest absolute Gasteiger partial charge is 0.481 e. The van der Waals surface area contributed by atoms with E-state index in [0.29, 0.717) is 13.0 Å². The van der Waals surface area contributed by atoms with Gasteiger partial charge in [-0.15, -0.1) is 0 Å². The maximum absolute atomic E-state index is 10.1. The van der Waals surface area contributed by atoms with Gasteiger partial charge in [0.1, 0.15) is 0 Å². The summed E-state index contributed by atoms with van der Waals surface area (Å²) >= 11 is 0. The highest BCUT2D eigenvalue weighted by Gasteiger charge is 2.14. The second-order valence-electron chi connectivity index (χ2n) is 3.46. The molecule has 72 valence electrons. The van der Waals surface area contributed by atoms with Crippen molar-refractivity contribution in [2.24, 2.45) is 0 Å². The Morgan fingerprint density at radius 2 is 2.08 bits per heavy atom. The molecule has 0 spiro atoms. The molecule has 0 amide bonds. The predicted octanol–water partition coefficient (Wildman–Crippen LogP) is 2.06. The van der Waals surface area contributed by atoms with Crippen LogP contribution in [0.1, 0.15) is 40.0 Å². The minimum absolute atomic E-state index is 0.113. The van der Waals surface area contributed by atoms with Crippen LogP contribution in [0.5, 0.6) is 0 Å². The van der Waals surface area contributed by atoms with Crippen LogP contribution >= 0.6 is 0 Å².